The van der Waals surface area contributed by atoms with Gasteiger partial charge in [-0.3, -0.25) is 0 Å². The topological polar surface area (TPSA) is 78.1 Å². The number of imidazole rings is 1. The minimum Gasteiger partial charge on any atom is -0.341 e. The molecule has 1 fully saturated rings. The molecule has 0 bridgehead atoms. The Morgan fingerprint density at radius 1 is 1.04 bits per heavy atom. The number of sulfonamides is 1. The molecule has 1 saturated heterocycles. The standard InChI is InChI=1S/C16H20N4O2S.2ClH/c21-23(22,20-9-1-2-10-20)13-5-3-12(4-6-13)16-18-14-7-8-17-11-15(14)19-16;;/h3-6,17H,1-2,7-11H2,(H,18,19);2*1H. The maximum Gasteiger partial charge on any atom is 0.243 e. The summed E-state index contributed by atoms with van der Waals surface area (Å²) in [5.74, 6) is 0.809. The van der Waals surface area contributed by atoms with Crippen molar-refractivity contribution in [2.45, 2.75) is 30.7 Å². The van der Waals surface area contributed by atoms with Gasteiger partial charge in [0.25, 0.3) is 0 Å². The number of aromatic amines is 1. The number of hydrogen-bond donors (Lipinski definition) is 2. The minimum atomic E-state index is -3.35. The quantitative estimate of drug-likeness (QED) is 0.822. The molecule has 138 valence electrons. The number of benzene rings is 1. The van der Waals surface area contributed by atoms with Crippen molar-refractivity contribution in [3.8, 4) is 11.4 Å². The van der Waals surface area contributed by atoms with Crippen molar-refractivity contribution in [3.05, 3.63) is 35.7 Å². The number of hydrogen-bond acceptors (Lipinski definition) is 4. The average molecular weight is 405 g/mol. The van der Waals surface area contributed by atoms with E-state index in [1.165, 1.54) is 0 Å². The van der Waals surface area contributed by atoms with Gasteiger partial charge in [-0.2, -0.15) is 4.31 Å². The van der Waals surface area contributed by atoms with Crippen molar-refractivity contribution < 1.29 is 8.42 Å². The Morgan fingerprint density at radius 2 is 1.72 bits per heavy atom. The molecule has 0 amide bonds. The van der Waals surface area contributed by atoms with Gasteiger partial charge in [0.2, 0.25) is 10.0 Å². The zero-order valence-electron chi connectivity index (χ0n) is 13.7. The van der Waals surface area contributed by atoms with Gasteiger partial charge in [-0.1, -0.05) is 0 Å². The molecular weight excluding hydrogens is 383 g/mol. The van der Waals surface area contributed by atoms with Crippen LogP contribution in [-0.4, -0.2) is 42.3 Å². The first-order chi connectivity index (χ1) is 11.1. The summed E-state index contributed by atoms with van der Waals surface area (Å²) in [4.78, 5) is 8.33. The molecule has 0 saturated carbocycles. The first-order valence-corrected chi connectivity index (χ1v) is 9.48. The predicted octanol–water partition coefficient (Wildman–Crippen LogP) is 2.35. The van der Waals surface area contributed by atoms with E-state index in [9.17, 15) is 8.42 Å². The number of nitrogens with zero attached hydrogens (tertiary/aromatic N) is 2. The van der Waals surface area contributed by atoms with Crippen LogP contribution in [0.15, 0.2) is 29.2 Å². The van der Waals surface area contributed by atoms with E-state index in [0.29, 0.717) is 18.0 Å². The third-order valence-corrected chi connectivity index (χ3v) is 6.45. The molecule has 4 rings (SSSR count). The number of fused-ring (bicyclic) bond motifs is 1. The fraction of sp³-hybridized carbons (Fsp3) is 0.438. The highest BCUT2D eigenvalue weighted by Crippen LogP contribution is 2.25. The van der Waals surface area contributed by atoms with Gasteiger partial charge >= 0.3 is 0 Å². The van der Waals surface area contributed by atoms with E-state index >= 15 is 0 Å². The molecule has 3 heterocycles. The van der Waals surface area contributed by atoms with Crippen molar-refractivity contribution in [1.29, 1.82) is 0 Å². The second-order valence-corrected chi connectivity index (χ2v) is 8.01. The van der Waals surface area contributed by atoms with Crippen LogP contribution in [0, 0.1) is 0 Å². The Labute approximate surface area is 160 Å². The van der Waals surface area contributed by atoms with Crippen LogP contribution in [0.4, 0.5) is 0 Å². The minimum absolute atomic E-state index is 0. The highest BCUT2D eigenvalue weighted by Gasteiger charge is 2.27. The molecule has 1 aromatic heterocycles. The molecule has 0 unspecified atom stereocenters. The van der Waals surface area contributed by atoms with Gasteiger partial charge < -0.3 is 10.3 Å². The summed E-state index contributed by atoms with van der Waals surface area (Å²) in [6.45, 7) is 3.01. The van der Waals surface area contributed by atoms with E-state index in [1.807, 2.05) is 12.1 Å². The van der Waals surface area contributed by atoms with Crippen LogP contribution in [0.3, 0.4) is 0 Å². The maximum absolute atomic E-state index is 12.5. The van der Waals surface area contributed by atoms with Gasteiger partial charge in [0.15, 0.2) is 0 Å². The maximum atomic E-state index is 12.5. The summed E-state index contributed by atoms with van der Waals surface area (Å²) in [5.41, 5.74) is 3.15. The number of aromatic nitrogens is 2. The predicted molar refractivity (Wildman–Crippen MR) is 102 cm³/mol. The van der Waals surface area contributed by atoms with Crippen molar-refractivity contribution in [2.24, 2.45) is 0 Å². The lowest BCUT2D eigenvalue weighted by molar-refractivity contribution is 0.477. The molecule has 6 nitrogen and oxygen atoms in total. The number of nitrogens with one attached hydrogen (secondary N) is 2. The molecular formula is C16H22Cl2N4O2S. The van der Waals surface area contributed by atoms with Crippen LogP contribution in [0.1, 0.15) is 24.2 Å². The van der Waals surface area contributed by atoms with E-state index < -0.39 is 10.0 Å². The molecule has 0 aliphatic carbocycles. The monoisotopic (exact) mass is 404 g/mol. The van der Waals surface area contributed by atoms with Crippen LogP contribution in [-0.2, 0) is 23.0 Å². The summed E-state index contributed by atoms with van der Waals surface area (Å²) in [6, 6.07) is 7.03. The lowest BCUT2D eigenvalue weighted by atomic mass is 10.2. The molecule has 2 aromatic rings. The molecule has 9 heteroatoms. The molecule has 0 radical (unpaired) electrons. The summed E-state index contributed by atoms with van der Waals surface area (Å²) in [5, 5.41) is 3.31. The Kier molecular flexibility index (Phi) is 6.51. The van der Waals surface area contributed by atoms with E-state index in [0.717, 1.165) is 55.1 Å². The zero-order chi connectivity index (χ0) is 15.9. The lowest BCUT2D eigenvalue weighted by Crippen LogP contribution is -2.27. The Hall–Kier alpha value is -1.12. The summed E-state index contributed by atoms with van der Waals surface area (Å²) in [7, 11) is -3.35. The second-order valence-electron chi connectivity index (χ2n) is 6.07. The summed E-state index contributed by atoms with van der Waals surface area (Å²) < 4.78 is 26.6. The third kappa shape index (κ3) is 3.85. The van der Waals surface area contributed by atoms with Crippen molar-refractivity contribution in [2.75, 3.05) is 19.6 Å². The molecule has 2 aliphatic rings. The van der Waals surface area contributed by atoms with Crippen LogP contribution in [0.2, 0.25) is 0 Å². The highest BCUT2D eigenvalue weighted by atomic mass is 35.5. The smallest absolute Gasteiger partial charge is 0.243 e. The van der Waals surface area contributed by atoms with Gasteiger partial charge in [0, 0.05) is 38.2 Å². The number of halogens is 2. The van der Waals surface area contributed by atoms with Crippen LogP contribution in [0.5, 0.6) is 0 Å². The number of H-pyrrole nitrogens is 1. The summed E-state index contributed by atoms with van der Waals surface area (Å²) in [6.07, 6.45) is 2.82. The fourth-order valence-electron chi connectivity index (χ4n) is 3.22. The first-order valence-electron chi connectivity index (χ1n) is 8.04. The van der Waals surface area contributed by atoms with E-state index in [4.69, 9.17) is 0 Å². The van der Waals surface area contributed by atoms with Gasteiger partial charge in [0.1, 0.15) is 5.82 Å². The third-order valence-electron chi connectivity index (χ3n) is 4.54. The molecule has 2 N–H and O–H groups in total. The molecule has 1 aromatic carbocycles. The van der Waals surface area contributed by atoms with E-state index in [2.05, 4.69) is 15.3 Å². The van der Waals surface area contributed by atoms with Gasteiger partial charge in [-0.05, 0) is 37.1 Å². The van der Waals surface area contributed by atoms with Crippen LogP contribution in [0.25, 0.3) is 11.4 Å². The molecule has 25 heavy (non-hydrogen) atoms. The first kappa shape index (κ1) is 20.2. The van der Waals surface area contributed by atoms with Crippen molar-refractivity contribution in [3.63, 3.8) is 0 Å². The summed E-state index contributed by atoms with van der Waals surface area (Å²) >= 11 is 0. The zero-order valence-corrected chi connectivity index (χ0v) is 16.1. The van der Waals surface area contributed by atoms with E-state index in [-0.39, 0.29) is 24.8 Å². The molecule has 2 aliphatic heterocycles. The number of rotatable bonds is 3. The van der Waals surface area contributed by atoms with E-state index in [1.54, 1.807) is 16.4 Å². The average Bonchev–Trinajstić information content (AvgIpc) is 3.24. The Morgan fingerprint density at radius 3 is 2.36 bits per heavy atom. The molecule has 0 atom stereocenters. The van der Waals surface area contributed by atoms with Crippen LogP contribution < -0.4 is 5.32 Å². The highest BCUT2D eigenvalue weighted by molar-refractivity contribution is 7.89. The lowest BCUT2D eigenvalue weighted by Gasteiger charge is -2.15. The Balaban J connectivity index is 0.00000113. The van der Waals surface area contributed by atoms with Gasteiger partial charge in [-0.15, -0.1) is 24.8 Å². The Bertz CT molecular complexity index is 792. The van der Waals surface area contributed by atoms with Gasteiger partial charge in [-0.25, -0.2) is 13.4 Å². The SMILES string of the molecule is Cl.Cl.O=S(=O)(c1ccc(-c2nc3c([nH]2)CNCC3)cc1)N1CCCC1. The molecule has 0 spiro atoms. The van der Waals surface area contributed by atoms with Crippen molar-refractivity contribution in [1.82, 2.24) is 19.6 Å². The second kappa shape index (κ2) is 8.05. The van der Waals surface area contributed by atoms with Crippen molar-refractivity contribution >= 4 is 34.8 Å². The normalized spacial score (nSPS) is 17.4. The van der Waals surface area contributed by atoms with Crippen LogP contribution >= 0.6 is 24.8 Å². The van der Waals surface area contributed by atoms with Gasteiger partial charge in [0.05, 0.1) is 16.3 Å². The fourth-order valence-corrected chi connectivity index (χ4v) is 4.73. The largest absolute Gasteiger partial charge is 0.341 e.